The molecule has 0 aromatic rings. The Hall–Kier alpha value is 1.87. The van der Waals surface area contributed by atoms with Crippen LogP contribution in [0.25, 0.3) is 0 Å². The third-order valence-electron chi connectivity index (χ3n) is 0. The van der Waals surface area contributed by atoms with Gasteiger partial charge in [-0.05, 0) is 0 Å². The van der Waals surface area contributed by atoms with Crippen LogP contribution in [0, 0.1) is 0 Å². The molecule has 0 aliphatic heterocycles. The Labute approximate surface area is 69.4 Å². The SMILES string of the molecule is C.C.[Hg+2].[Hg+]. The van der Waals surface area contributed by atoms with Crippen LogP contribution in [-0.4, -0.2) is 0 Å². The van der Waals surface area contributed by atoms with Crippen LogP contribution in [-0.2, 0) is 55.3 Å². The van der Waals surface area contributed by atoms with Crippen molar-refractivity contribution in [3.8, 4) is 0 Å². The molecule has 2 heteroatoms. The molecule has 0 saturated carbocycles. The van der Waals surface area contributed by atoms with E-state index < -0.39 is 0 Å². The van der Waals surface area contributed by atoms with E-state index in [1.807, 2.05) is 0 Å². The zero-order valence-electron chi connectivity index (χ0n) is 1.41. The molecule has 0 N–H and O–H groups in total. The summed E-state index contributed by atoms with van der Waals surface area (Å²) < 4.78 is 0. The summed E-state index contributed by atoms with van der Waals surface area (Å²) in [6.07, 6.45) is 0. The first-order chi connectivity index (χ1) is 0. The van der Waals surface area contributed by atoms with Crippen molar-refractivity contribution in [2.24, 2.45) is 0 Å². The molecule has 0 rings (SSSR count). The Kier molecular flexibility index (Phi) is 208. The minimum absolute atomic E-state index is 0. The molecule has 0 spiro atoms. The van der Waals surface area contributed by atoms with Gasteiger partial charge in [-0.1, -0.05) is 14.9 Å². The van der Waals surface area contributed by atoms with Crippen LogP contribution < -0.4 is 0 Å². The van der Waals surface area contributed by atoms with Gasteiger partial charge in [0.1, 0.15) is 0 Å². The van der Waals surface area contributed by atoms with E-state index in [0.29, 0.717) is 0 Å². The van der Waals surface area contributed by atoms with Gasteiger partial charge in [0.2, 0.25) is 0 Å². The second-order valence-electron chi connectivity index (χ2n) is 0. The first kappa shape index (κ1) is 39.8. The standard InChI is InChI=1S/2CH4.2Hg/h2*1H4;;/q;;+1;+2. The van der Waals surface area contributed by atoms with Crippen molar-refractivity contribution in [3.05, 3.63) is 0 Å². The van der Waals surface area contributed by atoms with E-state index in [2.05, 4.69) is 0 Å². The summed E-state index contributed by atoms with van der Waals surface area (Å²) in [4.78, 5) is 0. The minimum atomic E-state index is 0. The van der Waals surface area contributed by atoms with Crippen LogP contribution >= 0.6 is 0 Å². The summed E-state index contributed by atoms with van der Waals surface area (Å²) in [6, 6.07) is 0. The van der Waals surface area contributed by atoms with Crippen molar-refractivity contribution in [2.75, 3.05) is 0 Å². The maximum atomic E-state index is 0. The number of hydrogen-bond donors (Lipinski definition) is 0. The Morgan fingerprint density at radius 1 is 0.750 bits per heavy atom. The second kappa shape index (κ2) is 20.9. The molecule has 0 atom stereocenters. The first-order valence-corrected chi connectivity index (χ1v) is 0. The van der Waals surface area contributed by atoms with Gasteiger partial charge in [0.05, 0.1) is 0 Å². The molecule has 0 saturated heterocycles. The monoisotopic (exact) mass is 436 g/mol. The molecule has 17 valence electrons. The fourth-order valence-electron chi connectivity index (χ4n) is 0. The third-order valence-corrected chi connectivity index (χ3v) is 0. The summed E-state index contributed by atoms with van der Waals surface area (Å²) in [6.45, 7) is 0. The third kappa shape index (κ3) is 9.12. The number of rotatable bonds is 0. The topological polar surface area (TPSA) is 0 Å². The van der Waals surface area contributed by atoms with Crippen LogP contribution in [0.1, 0.15) is 14.9 Å². The zero-order chi connectivity index (χ0) is 0. The molecule has 0 amide bonds. The minimum Gasteiger partial charge on any atom is -0.0776 e. The second-order valence-corrected chi connectivity index (χ2v) is 0. The average Bonchev–Trinajstić information content (AvgIpc) is 0. The average molecular weight is 433 g/mol. The van der Waals surface area contributed by atoms with Gasteiger partial charge in [0.15, 0.2) is 0 Å². The van der Waals surface area contributed by atoms with Gasteiger partial charge in [0.25, 0.3) is 0 Å². The molecule has 0 aromatic carbocycles. The summed E-state index contributed by atoms with van der Waals surface area (Å²) >= 11 is 0. The summed E-state index contributed by atoms with van der Waals surface area (Å²) in [5.41, 5.74) is 0. The van der Waals surface area contributed by atoms with Gasteiger partial charge in [-0.3, -0.25) is 0 Å². The van der Waals surface area contributed by atoms with Gasteiger partial charge in [0, 0.05) is 0 Å². The van der Waals surface area contributed by atoms with E-state index in [1.165, 1.54) is 0 Å². The fraction of sp³-hybridized carbons (Fsp3) is 1.00. The Bertz CT molecular complexity index is 4.00. The zero-order valence-corrected chi connectivity index (χ0v) is 12.4. The molecule has 0 aliphatic carbocycles. The maximum absolute atomic E-state index is 0. The van der Waals surface area contributed by atoms with Crippen molar-refractivity contribution in [2.45, 2.75) is 14.9 Å². The Morgan fingerprint density at radius 3 is 0.750 bits per heavy atom. The van der Waals surface area contributed by atoms with Crippen LogP contribution in [0.15, 0.2) is 0 Å². The van der Waals surface area contributed by atoms with E-state index in [1.54, 1.807) is 0 Å². The van der Waals surface area contributed by atoms with Crippen molar-refractivity contribution >= 4 is 0 Å². The van der Waals surface area contributed by atoms with Gasteiger partial charge >= 0.3 is 55.3 Å². The molecule has 1 radical (unpaired) electrons. The van der Waals surface area contributed by atoms with E-state index in [4.69, 9.17) is 0 Å². The van der Waals surface area contributed by atoms with Crippen LogP contribution in [0.2, 0.25) is 0 Å². The first-order valence-electron chi connectivity index (χ1n) is 0. The Morgan fingerprint density at radius 2 is 0.750 bits per heavy atom. The molecule has 0 heterocycles. The normalized spacial score (nSPS) is 0. The van der Waals surface area contributed by atoms with Gasteiger partial charge in [-0.15, -0.1) is 0 Å². The molecule has 0 aliphatic rings. The maximum Gasteiger partial charge on any atom is 2.00 e. The largest absolute Gasteiger partial charge is 2.00 e. The molecule has 0 bridgehead atoms. The van der Waals surface area contributed by atoms with E-state index in [0.717, 1.165) is 0 Å². The van der Waals surface area contributed by atoms with Crippen LogP contribution in [0.5, 0.6) is 0 Å². The summed E-state index contributed by atoms with van der Waals surface area (Å²) in [5, 5.41) is 0. The molecule has 0 nitrogen and oxygen atoms in total. The van der Waals surface area contributed by atoms with Gasteiger partial charge in [-0.25, -0.2) is 0 Å². The molecular weight excluding hydrogens is 425 g/mol. The van der Waals surface area contributed by atoms with E-state index >= 15 is 0 Å². The van der Waals surface area contributed by atoms with Crippen molar-refractivity contribution in [1.29, 1.82) is 0 Å². The Balaban J connectivity index is 0. The molecular formula is C2H8Hg2+3. The molecule has 0 aromatic heterocycles. The summed E-state index contributed by atoms with van der Waals surface area (Å²) in [7, 11) is 0. The van der Waals surface area contributed by atoms with Crippen molar-refractivity contribution in [3.63, 3.8) is 0 Å². The van der Waals surface area contributed by atoms with Gasteiger partial charge in [-0.2, -0.15) is 0 Å². The smallest absolute Gasteiger partial charge is 0.0776 e. The quantitative estimate of drug-likeness (QED) is 0.505. The van der Waals surface area contributed by atoms with E-state index in [9.17, 15) is 0 Å². The van der Waals surface area contributed by atoms with Crippen LogP contribution in [0.3, 0.4) is 0 Å². The molecule has 0 fully saturated rings. The van der Waals surface area contributed by atoms with Gasteiger partial charge < -0.3 is 0 Å². The predicted molar refractivity (Wildman–Crippen MR) is 13.5 cm³/mol. The van der Waals surface area contributed by atoms with E-state index in [-0.39, 0.29) is 70.2 Å². The predicted octanol–water partition coefficient (Wildman–Crippen LogP) is 1.27. The fourth-order valence-corrected chi connectivity index (χ4v) is 0. The molecule has 0 unspecified atom stereocenters. The number of hydrogen-bond acceptors (Lipinski definition) is 0. The van der Waals surface area contributed by atoms with Crippen molar-refractivity contribution in [1.82, 2.24) is 0 Å². The van der Waals surface area contributed by atoms with Crippen LogP contribution in [0.4, 0.5) is 0 Å². The van der Waals surface area contributed by atoms with Crippen molar-refractivity contribution < 1.29 is 55.3 Å². The summed E-state index contributed by atoms with van der Waals surface area (Å²) in [5.74, 6) is 0. The molecule has 4 heavy (non-hydrogen) atoms.